The van der Waals surface area contributed by atoms with Crippen molar-refractivity contribution in [3.63, 3.8) is 0 Å². The lowest BCUT2D eigenvalue weighted by molar-refractivity contribution is 0.171. The number of aromatic amines is 1. The normalized spacial score (nSPS) is 14.7. The van der Waals surface area contributed by atoms with E-state index in [4.69, 9.17) is 9.47 Å². The van der Waals surface area contributed by atoms with Gasteiger partial charge < -0.3 is 9.47 Å². The van der Waals surface area contributed by atoms with Crippen molar-refractivity contribution >= 4 is 11.8 Å². The summed E-state index contributed by atoms with van der Waals surface area (Å²) < 4.78 is 12.8. The van der Waals surface area contributed by atoms with Crippen molar-refractivity contribution in [2.45, 2.75) is 17.3 Å². The van der Waals surface area contributed by atoms with Crippen molar-refractivity contribution in [3.8, 4) is 17.2 Å². The lowest BCUT2D eigenvalue weighted by Gasteiger charge is -2.18. The molecule has 3 aromatic rings. The maximum Gasteiger partial charge on any atom is 0.214 e. The van der Waals surface area contributed by atoms with Gasteiger partial charge in [0.2, 0.25) is 5.16 Å². The highest BCUT2D eigenvalue weighted by molar-refractivity contribution is 7.99. The number of ether oxygens (including phenoxy) is 2. The summed E-state index contributed by atoms with van der Waals surface area (Å²) in [5.41, 5.74) is 0.812. The molecule has 1 aliphatic rings. The van der Waals surface area contributed by atoms with Crippen molar-refractivity contribution in [3.05, 3.63) is 30.4 Å². The van der Waals surface area contributed by atoms with Crippen LogP contribution in [0.25, 0.3) is 5.69 Å². The van der Waals surface area contributed by atoms with Gasteiger partial charge in [0.25, 0.3) is 0 Å². The molecule has 4 rings (SSSR count). The molecule has 0 bridgehead atoms. The summed E-state index contributed by atoms with van der Waals surface area (Å²) in [6.45, 7) is 3.11. The van der Waals surface area contributed by atoms with Crippen molar-refractivity contribution < 1.29 is 9.47 Å². The number of H-pyrrole nitrogens is 1. The van der Waals surface area contributed by atoms with Crippen LogP contribution in [0.2, 0.25) is 0 Å². The second-order valence-corrected chi connectivity index (χ2v) is 6.14. The standard InChI is InChI=1S/C13H13N7O2S/c1-8(12-14-7-15-16-12)23-13-17-18-19-20(13)9-2-3-10-11(6-9)22-5-4-21-10/h2-3,6-8H,4-5H2,1H3,(H,14,15,16). The monoisotopic (exact) mass is 331 g/mol. The number of tetrazole rings is 1. The number of fused-ring (bicyclic) bond motifs is 1. The van der Waals surface area contributed by atoms with Gasteiger partial charge in [0.05, 0.1) is 10.9 Å². The fourth-order valence-electron chi connectivity index (χ4n) is 2.20. The Balaban J connectivity index is 1.62. The molecule has 118 valence electrons. The van der Waals surface area contributed by atoms with Crippen LogP contribution in [0.3, 0.4) is 0 Å². The average molecular weight is 331 g/mol. The van der Waals surface area contributed by atoms with Crippen LogP contribution in [0.4, 0.5) is 0 Å². The van der Waals surface area contributed by atoms with Gasteiger partial charge in [0, 0.05) is 6.07 Å². The molecule has 1 atom stereocenters. The molecule has 0 saturated heterocycles. The molecule has 0 saturated carbocycles. The third kappa shape index (κ3) is 2.72. The molecular weight excluding hydrogens is 318 g/mol. The predicted octanol–water partition coefficient (Wildman–Crippen LogP) is 1.40. The lowest BCUT2D eigenvalue weighted by Crippen LogP contribution is -2.15. The van der Waals surface area contributed by atoms with E-state index in [9.17, 15) is 0 Å². The molecule has 23 heavy (non-hydrogen) atoms. The number of thioether (sulfide) groups is 1. The van der Waals surface area contributed by atoms with Crippen molar-refractivity contribution in [1.82, 2.24) is 35.4 Å². The Labute approximate surface area is 135 Å². The van der Waals surface area contributed by atoms with E-state index in [1.807, 2.05) is 25.1 Å². The number of nitrogens with zero attached hydrogens (tertiary/aromatic N) is 6. The molecular formula is C13H13N7O2S. The largest absolute Gasteiger partial charge is 0.486 e. The van der Waals surface area contributed by atoms with Crippen LogP contribution in [0.1, 0.15) is 18.0 Å². The quantitative estimate of drug-likeness (QED) is 0.716. The number of rotatable bonds is 4. The van der Waals surface area contributed by atoms with E-state index < -0.39 is 0 Å². The third-order valence-electron chi connectivity index (χ3n) is 3.31. The molecule has 0 aliphatic carbocycles. The molecule has 1 aliphatic heterocycles. The van der Waals surface area contributed by atoms with Crippen LogP contribution in [0.15, 0.2) is 29.7 Å². The van der Waals surface area contributed by atoms with Crippen LogP contribution in [0.5, 0.6) is 11.5 Å². The second kappa shape index (κ2) is 5.88. The van der Waals surface area contributed by atoms with Crippen molar-refractivity contribution in [2.24, 2.45) is 0 Å². The van der Waals surface area contributed by atoms with E-state index in [1.54, 1.807) is 4.68 Å². The molecule has 1 aromatic carbocycles. The first-order chi connectivity index (χ1) is 11.3. The zero-order valence-electron chi connectivity index (χ0n) is 12.2. The maximum atomic E-state index is 5.61. The van der Waals surface area contributed by atoms with Crippen LogP contribution in [-0.4, -0.2) is 48.6 Å². The summed E-state index contributed by atoms with van der Waals surface area (Å²) in [4.78, 5) is 4.15. The molecule has 0 amide bonds. The minimum Gasteiger partial charge on any atom is -0.486 e. The van der Waals surface area contributed by atoms with Gasteiger partial charge >= 0.3 is 0 Å². The van der Waals surface area contributed by atoms with Gasteiger partial charge in [-0.3, -0.25) is 5.10 Å². The zero-order valence-corrected chi connectivity index (χ0v) is 13.0. The molecule has 3 heterocycles. The topological polar surface area (TPSA) is 104 Å². The van der Waals surface area contributed by atoms with Crippen LogP contribution < -0.4 is 9.47 Å². The smallest absolute Gasteiger partial charge is 0.214 e. The summed E-state index contributed by atoms with van der Waals surface area (Å²) in [6, 6.07) is 5.63. The summed E-state index contributed by atoms with van der Waals surface area (Å²) in [6.07, 6.45) is 1.48. The molecule has 0 fully saturated rings. The summed E-state index contributed by atoms with van der Waals surface area (Å²) in [5, 5.41) is 19.3. The minimum atomic E-state index is 0.0412. The highest BCUT2D eigenvalue weighted by Crippen LogP contribution is 2.35. The number of hydrogen-bond acceptors (Lipinski definition) is 8. The van der Waals surface area contributed by atoms with Gasteiger partial charge in [-0.25, -0.2) is 4.98 Å². The van der Waals surface area contributed by atoms with Gasteiger partial charge in [0.15, 0.2) is 11.5 Å². The fourth-order valence-corrected chi connectivity index (χ4v) is 3.07. The Morgan fingerprint density at radius 1 is 1.26 bits per heavy atom. The molecule has 10 heteroatoms. The molecule has 9 nitrogen and oxygen atoms in total. The summed E-state index contributed by atoms with van der Waals surface area (Å²) >= 11 is 1.49. The molecule has 0 radical (unpaired) electrons. The third-order valence-corrected chi connectivity index (χ3v) is 4.35. The first-order valence-electron chi connectivity index (χ1n) is 7.01. The van der Waals surface area contributed by atoms with Gasteiger partial charge in [0.1, 0.15) is 25.4 Å². The van der Waals surface area contributed by atoms with Crippen LogP contribution in [-0.2, 0) is 0 Å². The van der Waals surface area contributed by atoms with Crippen molar-refractivity contribution in [1.29, 1.82) is 0 Å². The fraction of sp³-hybridized carbons (Fsp3) is 0.308. The van der Waals surface area contributed by atoms with E-state index >= 15 is 0 Å². The maximum absolute atomic E-state index is 5.61. The van der Waals surface area contributed by atoms with Gasteiger partial charge in [-0.2, -0.15) is 9.78 Å². The second-order valence-electron chi connectivity index (χ2n) is 4.83. The van der Waals surface area contributed by atoms with E-state index in [-0.39, 0.29) is 5.25 Å². The van der Waals surface area contributed by atoms with Gasteiger partial charge in [-0.1, -0.05) is 11.8 Å². The molecule has 1 unspecified atom stereocenters. The molecule has 2 aromatic heterocycles. The Hall–Kier alpha value is -2.62. The average Bonchev–Trinajstić information content (AvgIpc) is 3.26. The Morgan fingerprint density at radius 3 is 2.96 bits per heavy atom. The number of nitrogens with one attached hydrogen (secondary N) is 1. The highest BCUT2D eigenvalue weighted by atomic mass is 32.2. The Morgan fingerprint density at radius 2 is 2.13 bits per heavy atom. The first kappa shape index (κ1) is 14.0. The van der Waals surface area contributed by atoms with Crippen LogP contribution in [0, 0.1) is 0 Å². The summed E-state index contributed by atoms with van der Waals surface area (Å²) in [5.74, 6) is 2.20. The summed E-state index contributed by atoms with van der Waals surface area (Å²) in [7, 11) is 0. The zero-order chi connectivity index (χ0) is 15.6. The Bertz CT molecular complexity index is 805. The predicted molar refractivity (Wildman–Crippen MR) is 80.8 cm³/mol. The van der Waals surface area contributed by atoms with Crippen LogP contribution >= 0.6 is 11.8 Å². The van der Waals surface area contributed by atoms with Gasteiger partial charge in [-0.15, -0.1) is 5.10 Å². The van der Waals surface area contributed by atoms with E-state index in [0.29, 0.717) is 24.1 Å². The molecule has 1 N–H and O–H groups in total. The molecule has 0 spiro atoms. The van der Waals surface area contributed by atoms with Gasteiger partial charge in [-0.05, 0) is 29.5 Å². The highest BCUT2D eigenvalue weighted by Gasteiger charge is 2.18. The number of benzene rings is 1. The van der Waals surface area contributed by atoms with E-state index in [0.717, 1.165) is 17.3 Å². The number of aromatic nitrogens is 7. The minimum absolute atomic E-state index is 0.0412. The SMILES string of the molecule is CC(Sc1nnnn1-c1ccc2c(c1)OCCO2)c1ncn[nH]1. The lowest BCUT2D eigenvalue weighted by atomic mass is 10.2. The first-order valence-corrected chi connectivity index (χ1v) is 7.89. The number of hydrogen-bond donors (Lipinski definition) is 1. The van der Waals surface area contributed by atoms with E-state index in [2.05, 4.69) is 30.7 Å². The van der Waals surface area contributed by atoms with Crippen molar-refractivity contribution in [2.75, 3.05) is 13.2 Å². The Kier molecular flexibility index (Phi) is 3.58. The van der Waals surface area contributed by atoms with E-state index in [1.165, 1.54) is 18.1 Å².